The van der Waals surface area contributed by atoms with Crippen LogP contribution < -0.4 is 10.5 Å². The SMILES string of the molecule is Cc1cc(C)c(C)c(OCc2ccc(CN)o2)c1. The van der Waals surface area contributed by atoms with Crippen LogP contribution in [0.5, 0.6) is 5.75 Å². The van der Waals surface area contributed by atoms with Crippen molar-refractivity contribution in [2.24, 2.45) is 5.73 Å². The van der Waals surface area contributed by atoms with Crippen molar-refractivity contribution in [3.63, 3.8) is 0 Å². The number of aryl methyl sites for hydroxylation is 2. The van der Waals surface area contributed by atoms with E-state index in [1.807, 2.05) is 12.1 Å². The van der Waals surface area contributed by atoms with Gasteiger partial charge in [-0.05, 0) is 55.7 Å². The number of rotatable bonds is 4. The molecule has 0 unspecified atom stereocenters. The average molecular weight is 245 g/mol. The van der Waals surface area contributed by atoms with Crippen molar-refractivity contribution in [1.82, 2.24) is 0 Å². The Labute approximate surface area is 108 Å². The van der Waals surface area contributed by atoms with E-state index < -0.39 is 0 Å². The van der Waals surface area contributed by atoms with Gasteiger partial charge in [-0.25, -0.2) is 0 Å². The van der Waals surface area contributed by atoms with Gasteiger partial charge >= 0.3 is 0 Å². The molecule has 3 nitrogen and oxygen atoms in total. The molecule has 1 aromatic heterocycles. The third kappa shape index (κ3) is 2.74. The third-order valence-corrected chi connectivity index (χ3v) is 3.05. The van der Waals surface area contributed by atoms with Gasteiger partial charge in [0.05, 0.1) is 6.54 Å². The minimum absolute atomic E-state index is 0.419. The zero-order valence-corrected chi connectivity index (χ0v) is 11.1. The Morgan fingerprint density at radius 3 is 2.50 bits per heavy atom. The van der Waals surface area contributed by atoms with Gasteiger partial charge in [-0.15, -0.1) is 0 Å². The third-order valence-electron chi connectivity index (χ3n) is 3.05. The first-order valence-electron chi connectivity index (χ1n) is 6.08. The highest BCUT2D eigenvalue weighted by molar-refractivity contribution is 5.41. The summed E-state index contributed by atoms with van der Waals surface area (Å²) >= 11 is 0. The monoisotopic (exact) mass is 245 g/mol. The van der Waals surface area contributed by atoms with E-state index in [2.05, 4.69) is 32.9 Å². The predicted molar refractivity (Wildman–Crippen MR) is 71.6 cm³/mol. The van der Waals surface area contributed by atoms with Crippen LogP contribution in [0.3, 0.4) is 0 Å². The molecule has 0 aliphatic rings. The van der Waals surface area contributed by atoms with Crippen molar-refractivity contribution < 1.29 is 9.15 Å². The Kier molecular flexibility index (Phi) is 3.72. The molecule has 2 aromatic rings. The summed E-state index contributed by atoms with van der Waals surface area (Å²) in [4.78, 5) is 0. The van der Waals surface area contributed by atoms with Crippen molar-refractivity contribution in [2.75, 3.05) is 0 Å². The number of benzene rings is 1. The normalized spacial score (nSPS) is 10.7. The largest absolute Gasteiger partial charge is 0.485 e. The standard InChI is InChI=1S/C15H19NO2/c1-10-6-11(2)12(3)15(7-10)17-9-14-5-4-13(8-16)18-14/h4-7H,8-9,16H2,1-3H3. The second-order valence-corrected chi connectivity index (χ2v) is 4.57. The molecule has 1 aromatic carbocycles. The highest BCUT2D eigenvalue weighted by Crippen LogP contribution is 2.24. The Morgan fingerprint density at radius 1 is 1.11 bits per heavy atom. The fourth-order valence-corrected chi connectivity index (χ4v) is 1.91. The molecule has 0 aliphatic carbocycles. The van der Waals surface area contributed by atoms with Gasteiger partial charge in [0.1, 0.15) is 23.9 Å². The molecule has 0 saturated heterocycles. The van der Waals surface area contributed by atoms with Gasteiger partial charge in [0.15, 0.2) is 0 Å². The molecule has 0 radical (unpaired) electrons. The van der Waals surface area contributed by atoms with Gasteiger partial charge in [-0.3, -0.25) is 0 Å². The topological polar surface area (TPSA) is 48.4 Å². The summed E-state index contributed by atoms with van der Waals surface area (Å²) in [6.07, 6.45) is 0. The van der Waals surface area contributed by atoms with Gasteiger partial charge in [-0.1, -0.05) is 6.07 Å². The molecular weight excluding hydrogens is 226 g/mol. The predicted octanol–water partition coefficient (Wildman–Crippen LogP) is 3.24. The fourth-order valence-electron chi connectivity index (χ4n) is 1.91. The number of hydrogen-bond donors (Lipinski definition) is 1. The summed E-state index contributed by atoms with van der Waals surface area (Å²) in [7, 11) is 0. The fraction of sp³-hybridized carbons (Fsp3) is 0.333. The van der Waals surface area contributed by atoms with E-state index in [9.17, 15) is 0 Å². The van der Waals surface area contributed by atoms with Crippen molar-refractivity contribution in [3.8, 4) is 5.75 Å². The molecule has 0 atom stereocenters. The molecule has 0 saturated carbocycles. The first-order valence-corrected chi connectivity index (χ1v) is 6.08. The van der Waals surface area contributed by atoms with Crippen LogP contribution in [0.4, 0.5) is 0 Å². The zero-order chi connectivity index (χ0) is 13.1. The lowest BCUT2D eigenvalue weighted by Crippen LogP contribution is -1.98. The summed E-state index contributed by atoms with van der Waals surface area (Å²) < 4.78 is 11.3. The molecular formula is C15H19NO2. The van der Waals surface area contributed by atoms with Gasteiger partial charge in [-0.2, -0.15) is 0 Å². The van der Waals surface area contributed by atoms with E-state index in [0.717, 1.165) is 17.3 Å². The van der Waals surface area contributed by atoms with E-state index in [4.69, 9.17) is 14.9 Å². The maximum absolute atomic E-state index is 5.81. The van der Waals surface area contributed by atoms with E-state index in [0.29, 0.717) is 13.2 Å². The van der Waals surface area contributed by atoms with Crippen molar-refractivity contribution in [1.29, 1.82) is 0 Å². The summed E-state index contributed by atoms with van der Waals surface area (Å²) in [6, 6.07) is 7.99. The van der Waals surface area contributed by atoms with Crippen LogP contribution in [-0.2, 0) is 13.2 Å². The Morgan fingerprint density at radius 2 is 1.83 bits per heavy atom. The molecule has 0 amide bonds. The Hall–Kier alpha value is -1.74. The molecule has 18 heavy (non-hydrogen) atoms. The van der Waals surface area contributed by atoms with Crippen LogP contribution in [0.15, 0.2) is 28.7 Å². The highest BCUT2D eigenvalue weighted by Gasteiger charge is 2.06. The van der Waals surface area contributed by atoms with Gasteiger partial charge < -0.3 is 14.9 Å². The van der Waals surface area contributed by atoms with Crippen molar-refractivity contribution in [2.45, 2.75) is 33.9 Å². The molecule has 96 valence electrons. The number of furan rings is 1. The van der Waals surface area contributed by atoms with Crippen LogP contribution in [0.25, 0.3) is 0 Å². The molecule has 1 heterocycles. The van der Waals surface area contributed by atoms with Crippen LogP contribution >= 0.6 is 0 Å². The van der Waals surface area contributed by atoms with Gasteiger partial charge in [0.25, 0.3) is 0 Å². The number of ether oxygens (including phenoxy) is 1. The molecule has 2 N–H and O–H groups in total. The number of hydrogen-bond acceptors (Lipinski definition) is 3. The zero-order valence-electron chi connectivity index (χ0n) is 11.1. The van der Waals surface area contributed by atoms with E-state index in [1.165, 1.54) is 16.7 Å². The minimum Gasteiger partial charge on any atom is -0.485 e. The summed E-state index contributed by atoms with van der Waals surface area (Å²) in [5.74, 6) is 2.50. The van der Waals surface area contributed by atoms with E-state index in [1.54, 1.807) is 0 Å². The maximum Gasteiger partial charge on any atom is 0.146 e. The van der Waals surface area contributed by atoms with Gasteiger partial charge in [0, 0.05) is 0 Å². The van der Waals surface area contributed by atoms with E-state index in [-0.39, 0.29) is 0 Å². The molecule has 3 heteroatoms. The van der Waals surface area contributed by atoms with E-state index >= 15 is 0 Å². The van der Waals surface area contributed by atoms with Crippen molar-refractivity contribution >= 4 is 0 Å². The lowest BCUT2D eigenvalue weighted by Gasteiger charge is -2.11. The quantitative estimate of drug-likeness (QED) is 0.899. The molecule has 0 spiro atoms. The Bertz CT molecular complexity index is 543. The van der Waals surface area contributed by atoms with Gasteiger partial charge in [0.2, 0.25) is 0 Å². The molecule has 0 fully saturated rings. The maximum atomic E-state index is 5.81. The molecule has 0 bridgehead atoms. The lowest BCUT2D eigenvalue weighted by atomic mass is 10.1. The average Bonchev–Trinajstić information content (AvgIpc) is 2.80. The Balaban J connectivity index is 2.10. The first-order chi connectivity index (χ1) is 8.60. The second kappa shape index (κ2) is 5.27. The van der Waals surface area contributed by atoms with Crippen LogP contribution in [0, 0.1) is 20.8 Å². The lowest BCUT2D eigenvalue weighted by molar-refractivity contribution is 0.264. The first kappa shape index (κ1) is 12.7. The second-order valence-electron chi connectivity index (χ2n) is 4.57. The summed E-state index contributed by atoms with van der Waals surface area (Å²) in [6.45, 7) is 7.08. The van der Waals surface area contributed by atoms with Crippen LogP contribution in [0.1, 0.15) is 28.2 Å². The van der Waals surface area contributed by atoms with Crippen LogP contribution in [0.2, 0.25) is 0 Å². The molecule has 2 rings (SSSR count). The minimum atomic E-state index is 0.419. The smallest absolute Gasteiger partial charge is 0.146 e. The summed E-state index contributed by atoms with van der Waals surface area (Å²) in [5, 5.41) is 0. The summed E-state index contributed by atoms with van der Waals surface area (Å²) in [5.41, 5.74) is 9.12. The number of nitrogens with two attached hydrogens (primary N) is 1. The van der Waals surface area contributed by atoms with Crippen LogP contribution in [-0.4, -0.2) is 0 Å². The van der Waals surface area contributed by atoms with Crippen molar-refractivity contribution in [3.05, 3.63) is 52.5 Å². The molecule has 0 aliphatic heterocycles. The highest BCUT2D eigenvalue weighted by atomic mass is 16.5.